The summed E-state index contributed by atoms with van der Waals surface area (Å²) in [7, 11) is 2.15. The lowest BCUT2D eigenvalue weighted by atomic mass is 10.1. The molecule has 0 bridgehead atoms. The first kappa shape index (κ1) is 12.0. The molecule has 0 unspecified atom stereocenters. The lowest BCUT2D eigenvalue weighted by molar-refractivity contribution is -0.627. The molecular formula is C16H13N2S2+. The van der Waals surface area contributed by atoms with Crippen LogP contribution in [0.3, 0.4) is 0 Å². The van der Waals surface area contributed by atoms with Crippen molar-refractivity contribution in [3.05, 3.63) is 48.2 Å². The normalized spacial score (nSPS) is 11.5. The van der Waals surface area contributed by atoms with E-state index < -0.39 is 0 Å². The van der Waals surface area contributed by atoms with Crippen LogP contribution in [0, 0.1) is 6.92 Å². The van der Waals surface area contributed by atoms with E-state index in [1.807, 2.05) is 34.9 Å². The van der Waals surface area contributed by atoms with Gasteiger partial charge < -0.3 is 0 Å². The van der Waals surface area contributed by atoms with Crippen molar-refractivity contribution in [2.45, 2.75) is 6.92 Å². The van der Waals surface area contributed by atoms with E-state index >= 15 is 0 Å². The van der Waals surface area contributed by atoms with E-state index in [4.69, 9.17) is 0 Å². The van der Waals surface area contributed by atoms with Crippen LogP contribution in [0.5, 0.6) is 0 Å². The monoisotopic (exact) mass is 297 g/mol. The highest BCUT2D eigenvalue weighted by Gasteiger charge is 2.24. The Morgan fingerprint density at radius 1 is 1.05 bits per heavy atom. The van der Waals surface area contributed by atoms with Crippen molar-refractivity contribution in [2.24, 2.45) is 7.05 Å². The third kappa shape index (κ3) is 1.62. The average Bonchev–Trinajstić information content (AvgIpc) is 2.97. The van der Waals surface area contributed by atoms with Gasteiger partial charge in [-0.05, 0) is 30.7 Å². The number of nitrogens with zero attached hydrogens (tertiary/aromatic N) is 2. The summed E-state index contributed by atoms with van der Waals surface area (Å²) in [5.41, 5.74) is 3.76. The fourth-order valence-corrected chi connectivity index (χ4v) is 5.15. The summed E-state index contributed by atoms with van der Waals surface area (Å²) in [6, 6.07) is 12.7. The molecule has 20 heavy (non-hydrogen) atoms. The second-order valence-corrected chi connectivity index (χ2v) is 6.90. The predicted octanol–water partition coefficient (Wildman–Crippen LogP) is 4.31. The average molecular weight is 297 g/mol. The van der Waals surface area contributed by atoms with Crippen LogP contribution in [0.1, 0.15) is 5.56 Å². The van der Waals surface area contributed by atoms with E-state index in [9.17, 15) is 0 Å². The van der Waals surface area contributed by atoms with E-state index in [0.29, 0.717) is 0 Å². The minimum Gasteiger partial charge on any atom is -0.254 e. The summed E-state index contributed by atoms with van der Waals surface area (Å²) in [4.78, 5) is 5.85. The number of fused-ring (bicyclic) bond motifs is 3. The van der Waals surface area contributed by atoms with Crippen LogP contribution >= 0.6 is 22.7 Å². The zero-order valence-corrected chi connectivity index (χ0v) is 12.9. The Labute approximate surface area is 125 Å². The largest absolute Gasteiger partial charge is 0.283 e. The number of rotatable bonds is 1. The number of aryl methyl sites for hydroxylation is 2. The van der Waals surface area contributed by atoms with Gasteiger partial charge in [0, 0.05) is 6.20 Å². The van der Waals surface area contributed by atoms with Gasteiger partial charge in [0.2, 0.25) is 0 Å². The number of hydrogen-bond donors (Lipinski definition) is 0. The van der Waals surface area contributed by atoms with Crippen LogP contribution < -0.4 is 4.57 Å². The molecule has 1 aromatic carbocycles. The first-order chi connectivity index (χ1) is 9.75. The van der Waals surface area contributed by atoms with E-state index in [2.05, 4.69) is 53.9 Å². The molecule has 98 valence electrons. The highest BCUT2D eigenvalue weighted by atomic mass is 32.1. The van der Waals surface area contributed by atoms with Gasteiger partial charge in [-0.1, -0.05) is 40.9 Å². The molecule has 3 heterocycles. The van der Waals surface area contributed by atoms with Gasteiger partial charge >= 0.3 is 0 Å². The molecule has 0 amide bonds. The fraction of sp³-hybridized carbons (Fsp3) is 0.125. The van der Waals surface area contributed by atoms with Crippen molar-refractivity contribution in [3.8, 4) is 10.6 Å². The van der Waals surface area contributed by atoms with Gasteiger partial charge in [0.25, 0.3) is 9.84 Å². The molecule has 0 atom stereocenters. The Bertz CT molecular complexity index is 934. The van der Waals surface area contributed by atoms with Crippen LogP contribution in [-0.2, 0) is 7.05 Å². The number of thiophene rings is 1. The maximum absolute atomic E-state index is 4.55. The summed E-state index contributed by atoms with van der Waals surface area (Å²) in [5.74, 6) is 0. The van der Waals surface area contributed by atoms with Gasteiger partial charge in [0.15, 0.2) is 0 Å². The van der Waals surface area contributed by atoms with Crippen LogP contribution in [0.4, 0.5) is 0 Å². The number of pyridine rings is 1. The third-order valence-corrected chi connectivity index (χ3v) is 6.20. The summed E-state index contributed by atoms with van der Waals surface area (Å²) < 4.78 is 4.86. The van der Waals surface area contributed by atoms with Gasteiger partial charge in [-0.25, -0.2) is 0 Å². The van der Waals surface area contributed by atoms with E-state index in [1.54, 1.807) is 0 Å². The number of thiazole rings is 1. The Morgan fingerprint density at radius 2 is 1.90 bits per heavy atom. The molecule has 3 aromatic heterocycles. The standard InChI is InChI=1S/C16H13N2S2/c1-10-6-3-4-7-11(10)15-18(2)16-14(20-15)13-12(19-16)8-5-9-17-13/h3-9H,1-2H3/q+1. The lowest BCUT2D eigenvalue weighted by Gasteiger charge is -1.98. The summed E-state index contributed by atoms with van der Waals surface area (Å²) in [6.07, 6.45) is 1.88. The van der Waals surface area contributed by atoms with E-state index in [0.717, 1.165) is 5.52 Å². The van der Waals surface area contributed by atoms with Gasteiger partial charge in [0.1, 0.15) is 17.3 Å². The van der Waals surface area contributed by atoms with E-state index in [-0.39, 0.29) is 0 Å². The number of hydrogen-bond acceptors (Lipinski definition) is 3. The van der Waals surface area contributed by atoms with Gasteiger partial charge in [0.05, 0.1) is 10.3 Å². The van der Waals surface area contributed by atoms with Gasteiger partial charge in [-0.15, -0.1) is 0 Å². The minimum absolute atomic E-state index is 1.13. The quantitative estimate of drug-likeness (QED) is 0.478. The third-order valence-electron chi connectivity index (χ3n) is 3.57. The molecule has 4 rings (SSSR count). The maximum Gasteiger partial charge on any atom is 0.283 e. The maximum atomic E-state index is 4.55. The summed E-state index contributed by atoms with van der Waals surface area (Å²) in [6.45, 7) is 2.17. The molecule has 0 spiro atoms. The highest BCUT2D eigenvalue weighted by Crippen LogP contribution is 2.38. The Balaban J connectivity index is 2.07. The molecule has 0 fully saturated rings. The molecule has 2 nitrogen and oxygen atoms in total. The molecule has 0 aliphatic carbocycles. The van der Waals surface area contributed by atoms with Crippen molar-refractivity contribution in [3.63, 3.8) is 0 Å². The summed E-state index contributed by atoms with van der Waals surface area (Å²) in [5, 5.41) is 1.30. The first-order valence-electron chi connectivity index (χ1n) is 6.48. The highest BCUT2D eigenvalue weighted by molar-refractivity contribution is 7.32. The van der Waals surface area contributed by atoms with Crippen molar-refractivity contribution < 1.29 is 4.57 Å². The zero-order chi connectivity index (χ0) is 13.7. The minimum atomic E-state index is 1.13. The van der Waals surface area contributed by atoms with Crippen LogP contribution in [0.2, 0.25) is 0 Å². The predicted molar refractivity (Wildman–Crippen MR) is 86.4 cm³/mol. The van der Waals surface area contributed by atoms with Gasteiger partial charge in [-0.2, -0.15) is 4.57 Å². The van der Waals surface area contributed by atoms with E-state index in [1.165, 1.54) is 30.4 Å². The van der Waals surface area contributed by atoms with Crippen LogP contribution in [0.25, 0.3) is 30.3 Å². The molecule has 4 heteroatoms. The number of benzene rings is 1. The zero-order valence-electron chi connectivity index (χ0n) is 11.3. The van der Waals surface area contributed by atoms with Crippen molar-refractivity contribution in [2.75, 3.05) is 0 Å². The molecule has 0 saturated carbocycles. The van der Waals surface area contributed by atoms with Crippen molar-refractivity contribution in [1.82, 2.24) is 4.98 Å². The van der Waals surface area contributed by atoms with Crippen molar-refractivity contribution >= 4 is 42.4 Å². The topological polar surface area (TPSA) is 16.8 Å². The second kappa shape index (κ2) is 4.36. The molecule has 4 aromatic rings. The fourth-order valence-electron chi connectivity index (χ4n) is 2.51. The van der Waals surface area contributed by atoms with Crippen molar-refractivity contribution in [1.29, 1.82) is 0 Å². The van der Waals surface area contributed by atoms with Crippen LogP contribution in [-0.4, -0.2) is 4.98 Å². The molecule has 0 saturated heterocycles. The molecular weight excluding hydrogens is 284 g/mol. The molecule has 0 aliphatic heterocycles. The Kier molecular flexibility index (Phi) is 2.62. The van der Waals surface area contributed by atoms with Gasteiger partial charge in [-0.3, -0.25) is 4.98 Å². The molecule has 0 N–H and O–H groups in total. The smallest absolute Gasteiger partial charge is 0.254 e. The second-order valence-electron chi connectivity index (χ2n) is 4.87. The number of aromatic nitrogens is 2. The van der Waals surface area contributed by atoms with Crippen LogP contribution in [0.15, 0.2) is 42.6 Å². The Morgan fingerprint density at radius 3 is 2.75 bits per heavy atom. The lowest BCUT2D eigenvalue weighted by Crippen LogP contribution is -2.27. The summed E-state index contributed by atoms with van der Waals surface area (Å²) >= 11 is 3.66. The first-order valence-corrected chi connectivity index (χ1v) is 8.11. The SMILES string of the molecule is Cc1ccccc1-c1sc2c3ncccc3sc2[n+]1C. The molecule has 0 aliphatic rings. The Hall–Kier alpha value is -1.78. The molecule has 0 radical (unpaired) electrons.